The minimum atomic E-state index is -0.827. The third kappa shape index (κ3) is 12.0. The highest BCUT2D eigenvalue weighted by Crippen LogP contribution is 2.55. The zero-order valence-corrected chi connectivity index (χ0v) is 40.6. The van der Waals surface area contributed by atoms with E-state index < -0.39 is 18.1 Å². The lowest BCUT2D eigenvalue weighted by Crippen LogP contribution is -2.74. The number of nitrogens with zero attached hydrogens (tertiary/aromatic N) is 3. The van der Waals surface area contributed by atoms with Gasteiger partial charge in [0.25, 0.3) is 5.91 Å². The molecule has 2 heterocycles. The summed E-state index contributed by atoms with van der Waals surface area (Å²) in [4.78, 5) is 60.5. The highest BCUT2D eigenvalue weighted by molar-refractivity contribution is 7.13. The molecule has 2 aliphatic rings. The van der Waals surface area contributed by atoms with Crippen molar-refractivity contribution in [3.63, 3.8) is 0 Å². The van der Waals surface area contributed by atoms with Crippen molar-refractivity contribution in [3.8, 4) is 22.3 Å². The fraction of sp³-hybridized carbons (Fsp3) is 0.490. The van der Waals surface area contributed by atoms with Crippen LogP contribution < -0.4 is 20.7 Å². The minimum Gasteiger partial charge on any atom is -0.489 e. The number of ketones is 1. The zero-order chi connectivity index (χ0) is 47.8. The fourth-order valence-electron chi connectivity index (χ4n) is 9.57. The lowest BCUT2D eigenvalue weighted by atomic mass is 9.49. The molecule has 4 N–H and O–H groups in total. The topological polar surface area (TPSA) is 183 Å². The van der Waals surface area contributed by atoms with Gasteiger partial charge in [0.2, 0.25) is 11.8 Å². The second-order valence-corrected chi connectivity index (χ2v) is 20.4. The van der Waals surface area contributed by atoms with Crippen molar-refractivity contribution in [2.75, 3.05) is 31.6 Å². The smallest absolute Gasteiger partial charge is 0.251 e. The molecule has 352 valence electrons. The molecule has 66 heavy (non-hydrogen) atoms. The van der Waals surface area contributed by atoms with Gasteiger partial charge in [0.05, 0.1) is 32.8 Å². The Labute approximate surface area is 397 Å². The summed E-state index contributed by atoms with van der Waals surface area (Å²) >= 11 is 7.81. The Morgan fingerprint density at radius 1 is 1.00 bits per heavy atom. The summed E-state index contributed by atoms with van der Waals surface area (Å²) in [6.07, 6.45) is 1.63. The Morgan fingerprint density at radius 2 is 1.71 bits per heavy atom. The first-order valence-electron chi connectivity index (χ1n) is 22.8. The van der Waals surface area contributed by atoms with Gasteiger partial charge in [-0.15, -0.1) is 11.3 Å². The Morgan fingerprint density at radius 3 is 2.35 bits per heavy atom. The first kappa shape index (κ1) is 50.1. The van der Waals surface area contributed by atoms with Gasteiger partial charge in [0.15, 0.2) is 5.78 Å². The van der Waals surface area contributed by atoms with Gasteiger partial charge in [-0.05, 0) is 79.6 Å². The lowest BCUT2D eigenvalue weighted by molar-refractivity contribution is -0.164. The predicted molar refractivity (Wildman–Crippen MR) is 257 cm³/mol. The number of halogens is 1. The number of nitrogens with one attached hydrogen (secondary N) is 3. The second kappa shape index (κ2) is 22.0. The van der Waals surface area contributed by atoms with Gasteiger partial charge >= 0.3 is 0 Å². The number of nitriles is 1. The predicted octanol–water partition coefficient (Wildman–Crippen LogP) is 8.36. The van der Waals surface area contributed by atoms with E-state index in [2.05, 4.69) is 54.7 Å². The van der Waals surface area contributed by atoms with Crippen LogP contribution in [0.5, 0.6) is 5.75 Å². The van der Waals surface area contributed by atoms with Crippen LogP contribution in [-0.2, 0) is 25.7 Å². The van der Waals surface area contributed by atoms with Gasteiger partial charge < -0.3 is 35.4 Å². The average Bonchev–Trinajstić information content (AvgIpc) is 3.91. The summed E-state index contributed by atoms with van der Waals surface area (Å²) in [5.74, 6) is -1.19. The normalized spacial score (nSPS) is 19.9. The van der Waals surface area contributed by atoms with Crippen molar-refractivity contribution in [2.24, 2.45) is 22.7 Å². The number of aromatic nitrogens is 1. The monoisotopic (exact) mass is 938 g/mol. The molecule has 1 saturated carbocycles. The molecule has 3 aromatic carbocycles. The molecular formula is C51H63ClN6O7S. The van der Waals surface area contributed by atoms with Crippen molar-refractivity contribution in [2.45, 2.75) is 111 Å². The Balaban J connectivity index is 0.864. The molecule has 3 atom stereocenters. The molecule has 0 radical (unpaired) electrons. The maximum atomic E-state index is 13.8. The van der Waals surface area contributed by atoms with E-state index in [1.807, 2.05) is 74.8 Å². The molecule has 15 heteroatoms. The van der Waals surface area contributed by atoms with Gasteiger partial charge in [0, 0.05) is 79.2 Å². The Bertz CT molecular complexity index is 2360. The van der Waals surface area contributed by atoms with Crippen molar-refractivity contribution in [3.05, 3.63) is 99.6 Å². The molecule has 4 aromatic rings. The van der Waals surface area contributed by atoms with Crippen LogP contribution in [0.15, 0.2) is 72.2 Å². The number of anilines is 1. The fourth-order valence-corrected chi connectivity index (χ4v) is 10.6. The number of amides is 3. The first-order valence-corrected chi connectivity index (χ1v) is 24.0. The number of aryl methyl sites for hydroxylation is 1. The summed E-state index contributed by atoms with van der Waals surface area (Å²) in [7, 11) is 0. The molecule has 13 nitrogen and oxygen atoms in total. The van der Waals surface area contributed by atoms with E-state index >= 15 is 0 Å². The third-order valence-corrected chi connectivity index (χ3v) is 14.3. The number of hydrogen-bond acceptors (Lipinski definition) is 11. The molecule has 1 aromatic heterocycles. The van der Waals surface area contributed by atoms with Gasteiger partial charge in [-0.25, -0.2) is 4.98 Å². The third-order valence-electron chi connectivity index (χ3n) is 13.0. The zero-order valence-electron chi connectivity index (χ0n) is 39.0. The minimum absolute atomic E-state index is 0.00352. The standard InChI is InChI=1S/C51H63ClN6O7S/c1-31(2)41(47(63)58-28-38(59)24-43(58)46(62)55-27-33-11-13-34(14-12-33)44-32(3)56-30-66-44)23-39(60)29-64-22-10-8-9-21-54-37-18-15-35(16-19-37)45(61)57-48-50(4,5)49(51(48,6)7)65-40-20-17-36(26-53)42(52)25-40/h11-20,25,30-31,38,41,43,48-49,54,59H,8-10,21-24,27-29H2,1-7H3,(H,55,62)(H,57,61)/t38-,41?,43?,48-,49-/m1/s1. The lowest BCUT2D eigenvalue weighted by Gasteiger charge is -2.63. The van der Waals surface area contributed by atoms with Crippen LogP contribution in [0.4, 0.5) is 5.69 Å². The van der Waals surface area contributed by atoms with Crippen molar-refractivity contribution in [1.29, 1.82) is 5.26 Å². The van der Waals surface area contributed by atoms with E-state index in [0.29, 0.717) is 28.5 Å². The maximum Gasteiger partial charge on any atom is 0.251 e. The highest BCUT2D eigenvalue weighted by Gasteiger charge is 2.64. The van der Waals surface area contributed by atoms with Gasteiger partial charge in [-0.2, -0.15) is 5.26 Å². The molecule has 3 amide bonds. The van der Waals surface area contributed by atoms with Crippen molar-refractivity contribution >= 4 is 52.1 Å². The number of likely N-dealkylation sites (tertiary alicyclic amines) is 1. The van der Waals surface area contributed by atoms with Gasteiger partial charge in [-0.1, -0.05) is 77.4 Å². The SMILES string of the molecule is Cc1ncsc1-c1ccc(CNC(=O)C2C[C@@H](O)CN2C(=O)C(CC(=O)COCCCCCNc2ccc(C(=O)N[C@H]3C(C)(C)[C@H](Oc4ccc(C#N)c(Cl)c4)C3(C)C)cc2)C(C)C)cc1. The number of β-amino-alcohol motifs (C(OH)–C–C–N with tert-alkyl or cyclic N) is 1. The van der Waals surface area contributed by atoms with E-state index in [4.69, 9.17) is 21.1 Å². The van der Waals surface area contributed by atoms with Gasteiger partial charge in [-0.3, -0.25) is 19.2 Å². The summed E-state index contributed by atoms with van der Waals surface area (Å²) < 4.78 is 12.1. The maximum absolute atomic E-state index is 13.8. The Hall–Kier alpha value is -5.33. The molecule has 1 aliphatic carbocycles. The summed E-state index contributed by atoms with van der Waals surface area (Å²) in [5.41, 5.74) is 5.87. The Kier molecular flexibility index (Phi) is 16.7. The van der Waals surface area contributed by atoms with Crippen molar-refractivity contribution in [1.82, 2.24) is 20.5 Å². The molecule has 0 spiro atoms. The number of hydrogen-bond donors (Lipinski definition) is 4. The summed E-state index contributed by atoms with van der Waals surface area (Å²) in [6.45, 7) is 15.4. The number of carbonyl (C=O) groups excluding carboxylic acids is 4. The summed E-state index contributed by atoms with van der Waals surface area (Å²) in [5, 5.41) is 29.6. The molecule has 2 fully saturated rings. The van der Waals surface area contributed by atoms with Crippen LogP contribution in [0.1, 0.15) is 101 Å². The van der Waals surface area contributed by atoms with E-state index in [1.54, 1.807) is 29.5 Å². The van der Waals surface area contributed by atoms with E-state index in [9.17, 15) is 29.5 Å². The number of aliphatic hydroxyl groups is 1. The largest absolute Gasteiger partial charge is 0.489 e. The molecule has 6 rings (SSSR count). The summed E-state index contributed by atoms with van der Waals surface area (Å²) in [6, 6.07) is 21.4. The number of carbonyl (C=O) groups is 4. The number of unbranched alkanes of at least 4 members (excludes halogenated alkanes) is 2. The van der Waals surface area contributed by atoms with E-state index in [1.165, 1.54) is 4.90 Å². The molecule has 0 bridgehead atoms. The second-order valence-electron chi connectivity index (χ2n) is 19.1. The van der Waals surface area contributed by atoms with Crippen LogP contribution in [0.25, 0.3) is 10.4 Å². The molecule has 1 aliphatic heterocycles. The van der Waals surface area contributed by atoms with E-state index in [0.717, 1.165) is 53.2 Å². The van der Waals surface area contributed by atoms with Crippen LogP contribution in [0.2, 0.25) is 5.02 Å². The molecule has 2 unspecified atom stereocenters. The van der Waals surface area contributed by atoms with Crippen LogP contribution >= 0.6 is 22.9 Å². The van der Waals surface area contributed by atoms with Gasteiger partial charge in [0.1, 0.15) is 30.6 Å². The van der Waals surface area contributed by atoms with Crippen LogP contribution in [0.3, 0.4) is 0 Å². The molecular weight excluding hydrogens is 876 g/mol. The number of benzene rings is 3. The highest BCUT2D eigenvalue weighted by atomic mass is 35.5. The quantitative estimate of drug-likeness (QED) is 0.0593. The number of rotatable bonds is 21. The molecule has 1 saturated heterocycles. The van der Waals surface area contributed by atoms with E-state index in [-0.39, 0.29) is 84.9 Å². The number of Topliss-reactive ketones (excluding diaryl/α,β-unsaturated/α-hetero) is 1. The van der Waals surface area contributed by atoms with Crippen LogP contribution in [-0.4, -0.2) is 89.1 Å². The number of ether oxygens (including phenoxy) is 2. The van der Waals surface area contributed by atoms with Crippen LogP contribution in [0, 0.1) is 40.9 Å². The number of aliphatic hydroxyl groups excluding tert-OH is 1. The average molecular weight is 940 g/mol. The van der Waals surface area contributed by atoms with Crippen molar-refractivity contribution < 1.29 is 33.8 Å². The first-order chi connectivity index (χ1) is 31.4. The number of thiazole rings is 1.